The summed E-state index contributed by atoms with van der Waals surface area (Å²) < 4.78 is 11.2. The fourth-order valence-electron chi connectivity index (χ4n) is 2.70. The summed E-state index contributed by atoms with van der Waals surface area (Å²) >= 11 is 0. The van der Waals surface area contributed by atoms with Gasteiger partial charge in [-0.3, -0.25) is 4.79 Å². The topological polar surface area (TPSA) is 71.3 Å². The Morgan fingerprint density at radius 3 is 2.23 bits per heavy atom. The van der Waals surface area contributed by atoms with E-state index in [0.717, 1.165) is 11.1 Å². The number of ether oxygens (including phenoxy) is 2. The lowest BCUT2D eigenvalue weighted by atomic mass is 10.1. The van der Waals surface area contributed by atoms with Gasteiger partial charge in [-0.1, -0.05) is 55.1 Å². The standard InChI is InChI=1S/C26H22N2O3/c1-2-16-30-24-12-8-20(9-13-24)17-22(18-27)26(29)28-23-10-14-25(15-11-23)31-19-21-6-4-3-5-7-21/h2-15,17H,1,16,19H2,(H,28,29)/b22-17+. The molecule has 0 aliphatic rings. The third kappa shape index (κ3) is 6.62. The molecule has 0 radical (unpaired) electrons. The molecule has 0 fully saturated rings. The number of benzene rings is 3. The van der Waals surface area contributed by atoms with E-state index in [1.807, 2.05) is 36.4 Å². The van der Waals surface area contributed by atoms with Crippen LogP contribution in [0.15, 0.2) is 97.1 Å². The molecule has 0 spiro atoms. The van der Waals surface area contributed by atoms with Crippen LogP contribution < -0.4 is 14.8 Å². The summed E-state index contributed by atoms with van der Waals surface area (Å²) in [5.74, 6) is 0.902. The summed E-state index contributed by atoms with van der Waals surface area (Å²) in [7, 11) is 0. The number of nitrogens with zero attached hydrogens (tertiary/aromatic N) is 1. The average Bonchev–Trinajstić information content (AvgIpc) is 2.82. The fourth-order valence-corrected chi connectivity index (χ4v) is 2.70. The number of nitriles is 1. The van der Waals surface area contributed by atoms with Crippen molar-refractivity contribution in [1.29, 1.82) is 5.26 Å². The van der Waals surface area contributed by atoms with Crippen molar-refractivity contribution in [1.82, 2.24) is 0 Å². The molecule has 3 rings (SSSR count). The molecule has 5 nitrogen and oxygen atoms in total. The second kappa shape index (κ2) is 11.0. The van der Waals surface area contributed by atoms with E-state index in [-0.39, 0.29) is 5.57 Å². The van der Waals surface area contributed by atoms with Crippen molar-refractivity contribution >= 4 is 17.7 Å². The van der Waals surface area contributed by atoms with E-state index in [1.54, 1.807) is 54.6 Å². The summed E-state index contributed by atoms with van der Waals surface area (Å²) in [5, 5.41) is 12.1. The van der Waals surface area contributed by atoms with Crippen LogP contribution in [0.5, 0.6) is 11.5 Å². The monoisotopic (exact) mass is 410 g/mol. The molecule has 0 saturated carbocycles. The van der Waals surface area contributed by atoms with Crippen molar-refractivity contribution in [3.05, 3.63) is 108 Å². The Hall–Kier alpha value is -4.30. The van der Waals surface area contributed by atoms with Gasteiger partial charge in [0.25, 0.3) is 5.91 Å². The summed E-state index contributed by atoms with van der Waals surface area (Å²) in [6.07, 6.45) is 3.19. The van der Waals surface area contributed by atoms with Crippen LogP contribution >= 0.6 is 0 Å². The van der Waals surface area contributed by atoms with Crippen LogP contribution in [0.1, 0.15) is 11.1 Å². The molecular weight excluding hydrogens is 388 g/mol. The Labute approximate surface area is 181 Å². The Bertz CT molecular complexity index is 1080. The third-order valence-corrected chi connectivity index (χ3v) is 4.28. The molecule has 0 saturated heterocycles. The first-order valence-electron chi connectivity index (χ1n) is 9.71. The zero-order chi connectivity index (χ0) is 21.9. The largest absolute Gasteiger partial charge is 0.490 e. The SMILES string of the molecule is C=CCOc1ccc(/C=C(\C#N)C(=O)Nc2ccc(OCc3ccccc3)cc2)cc1. The number of anilines is 1. The number of carbonyl (C=O) groups is 1. The number of carbonyl (C=O) groups excluding carboxylic acids is 1. The average molecular weight is 410 g/mol. The van der Waals surface area contributed by atoms with Gasteiger partial charge >= 0.3 is 0 Å². The summed E-state index contributed by atoms with van der Waals surface area (Å²) in [6.45, 7) is 4.48. The smallest absolute Gasteiger partial charge is 0.266 e. The molecule has 1 amide bonds. The highest BCUT2D eigenvalue weighted by molar-refractivity contribution is 6.09. The molecule has 0 bridgehead atoms. The zero-order valence-electron chi connectivity index (χ0n) is 17.0. The maximum atomic E-state index is 12.5. The van der Waals surface area contributed by atoms with E-state index in [2.05, 4.69) is 11.9 Å². The van der Waals surface area contributed by atoms with Gasteiger partial charge in [0.2, 0.25) is 0 Å². The Balaban J connectivity index is 1.59. The highest BCUT2D eigenvalue weighted by Crippen LogP contribution is 2.19. The van der Waals surface area contributed by atoms with Gasteiger partial charge in [-0.25, -0.2) is 0 Å². The van der Waals surface area contributed by atoms with Crippen molar-refractivity contribution in [3.63, 3.8) is 0 Å². The second-order valence-corrected chi connectivity index (χ2v) is 6.59. The number of hydrogen-bond donors (Lipinski definition) is 1. The van der Waals surface area contributed by atoms with Crippen LogP contribution in [0, 0.1) is 11.3 Å². The maximum absolute atomic E-state index is 12.5. The normalized spacial score (nSPS) is 10.6. The Kier molecular flexibility index (Phi) is 7.62. The van der Waals surface area contributed by atoms with Gasteiger partial charge in [-0.05, 0) is 53.6 Å². The quantitative estimate of drug-likeness (QED) is 0.292. The molecule has 0 atom stereocenters. The summed E-state index contributed by atoms with van der Waals surface area (Å²) in [6, 6.07) is 25.9. The van der Waals surface area contributed by atoms with E-state index in [9.17, 15) is 10.1 Å². The molecule has 3 aromatic rings. The molecule has 3 aromatic carbocycles. The number of amides is 1. The molecule has 0 aliphatic heterocycles. The van der Waals surface area contributed by atoms with Crippen molar-refractivity contribution in [2.45, 2.75) is 6.61 Å². The summed E-state index contributed by atoms with van der Waals surface area (Å²) in [4.78, 5) is 12.5. The van der Waals surface area contributed by atoms with Crippen LogP contribution in [0.4, 0.5) is 5.69 Å². The molecular formula is C26H22N2O3. The molecule has 1 N–H and O–H groups in total. The summed E-state index contributed by atoms with van der Waals surface area (Å²) in [5.41, 5.74) is 2.38. The minimum atomic E-state index is -0.479. The van der Waals surface area contributed by atoms with Crippen molar-refractivity contribution in [3.8, 4) is 17.6 Å². The van der Waals surface area contributed by atoms with Crippen LogP contribution in [0.3, 0.4) is 0 Å². The molecule has 0 aromatic heterocycles. The molecule has 31 heavy (non-hydrogen) atoms. The fraction of sp³-hybridized carbons (Fsp3) is 0.0769. The predicted molar refractivity (Wildman–Crippen MR) is 122 cm³/mol. The predicted octanol–water partition coefficient (Wildman–Crippen LogP) is 5.38. The number of hydrogen-bond acceptors (Lipinski definition) is 4. The third-order valence-electron chi connectivity index (χ3n) is 4.28. The van der Waals surface area contributed by atoms with E-state index >= 15 is 0 Å². The zero-order valence-corrected chi connectivity index (χ0v) is 17.0. The van der Waals surface area contributed by atoms with Crippen molar-refractivity contribution in [2.75, 3.05) is 11.9 Å². The molecule has 0 heterocycles. The Morgan fingerprint density at radius 2 is 1.58 bits per heavy atom. The maximum Gasteiger partial charge on any atom is 0.266 e. The van der Waals surface area contributed by atoms with Crippen LogP contribution in [-0.2, 0) is 11.4 Å². The van der Waals surface area contributed by atoms with Gasteiger partial charge in [0, 0.05) is 5.69 Å². The van der Waals surface area contributed by atoms with Gasteiger partial charge in [0.1, 0.15) is 36.4 Å². The number of rotatable bonds is 9. The van der Waals surface area contributed by atoms with Crippen molar-refractivity contribution in [2.24, 2.45) is 0 Å². The van der Waals surface area contributed by atoms with Crippen LogP contribution in [0.25, 0.3) is 6.08 Å². The van der Waals surface area contributed by atoms with Crippen LogP contribution in [0.2, 0.25) is 0 Å². The van der Waals surface area contributed by atoms with Gasteiger partial charge < -0.3 is 14.8 Å². The first-order valence-corrected chi connectivity index (χ1v) is 9.71. The highest BCUT2D eigenvalue weighted by atomic mass is 16.5. The minimum Gasteiger partial charge on any atom is -0.490 e. The lowest BCUT2D eigenvalue weighted by molar-refractivity contribution is -0.112. The van der Waals surface area contributed by atoms with E-state index < -0.39 is 5.91 Å². The molecule has 154 valence electrons. The number of nitrogens with one attached hydrogen (secondary N) is 1. The van der Waals surface area contributed by atoms with Gasteiger partial charge in [0.05, 0.1) is 0 Å². The van der Waals surface area contributed by atoms with E-state index in [0.29, 0.717) is 30.4 Å². The second-order valence-electron chi connectivity index (χ2n) is 6.59. The highest BCUT2D eigenvalue weighted by Gasteiger charge is 2.10. The molecule has 5 heteroatoms. The van der Waals surface area contributed by atoms with Crippen molar-refractivity contribution < 1.29 is 14.3 Å². The lowest BCUT2D eigenvalue weighted by Gasteiger charge is -2.08. The van der Waals surface area contributed by atoms with E-state index in [1.165, 1.54) is 6.08 Å². The first kappa shape index (κ1) is 21.4. The van der Waals surface area contributed by atoms with Gasteiger partial charge in [0.15, 0.2) is 0 Å². The minimum absolute atomic E-state index is 0.00386. The first-order chi connectivity index (χ1) is 15.2. The van der Waals surface area contributed by atoms with Crippen LogP contribution in [-0.4, -0.2) is 12.5 Å². The molecule has 0 aliphatic carbocycles. The Morgan fingerprint density at radius 1 is 0.935 bits per heavy atom. The van der Waals surface area contributed by atoms with Gasteiger partial charge in [-0.15, -0.1) is 0 Å². The molecule has 0 unspecified atom stereocenters. The lowest BCUT2D eigenvalue weighted by Crippen LogP contribution is -2.13. The van der Waals surface area contributed by atoms with Gasteiger partial charge in [-0.2, -0.15) is 5.26 Å². The van der Waals surface area contributed by atoms with E-state index in [4.69, 9.17) is 9.47 Å².